The lowest BCUT2D eigenvalue weighted by atomic mass is 10.00. The summed E-state index contributed by atoms with van der Waals surface area (Å²) >= 11 is 0. The molecule has 6 heteroatoms. The molecule has 0 fully saturated rings. The van der Waals surface area contributed by atoms with Crippen molar-refractivity contribution in [3.8, 4) is 0 Å². The first-order chi connectivity index (χ1) is 11.7. The van der Waals surface area contributed by atoms with Crippen molar-refractivity contribution in [2.75, 3.05) is 26.2 Å². The summed E-state index contributed by atoms with van der Waals surface area (Å²) < 4.78 is 5.05. The van der Waals surface area contributed by atoms with Crippen molar-refractivity contribution in [3.63, 3.8) is 0 Å². The van der Waals surface area contributed by atoms with Crippen LogP contribution < -0.4 is 16.0 Å². The summed E-state index contributed by atoms with van der Waals surface area (Å²) in [6.07, 6.45) is 6.37. The highest BCUT2D eigenvalue weighted by atomic mass is 16.3. The van der Waals surface area contributed by atoms with Gasteiger partial charge in [-0.3, -0.25) is 9.79 Å². The van der Waals surface area contributed by atoms with Crippen LogP contribution in [0.2, 0.25) is 0 Å². The van der Waals surface area contributed by atoms with Crippen LogP contribution in [0.5, 0.6) is 0 Å². The number of nitrogens with one attached hydrogen (secondary N) is 3. The summed E-state index contributed by atoms with van der Waals surface area (Å²) in [4.78, 5) is 16.4. The molecule has 24 heavy (non-hydrogen) atoms. The number of aliphatic imine (C=N–C) groups is 1. The van der Waals surface area contributed by atoms with Crippen LogP contribution in [-0.4, -0.2) is 38.0 Å². The summed E-state index contributed by atoms with van der Waals surface area (Å²) in [5, 5.41) is 9.30. The van der Waals surface area contributed by atoms with Gasteiger partial charge in [0, 0.05) is 26.2 Å². The first-order valence-corrected chi connectivity index (χ1v) is 9.05. The molecule has 0 aliphatic rings. The second-order valence-corrected chi connectivity index (χ2v) is 5.80. The monoisotopic (exact) mass is 336 g/mol. The summed E-state index contributed by atoms with van der Waals surface area (Å²) in [5.74, 6) is 1.57. The van der Waals surface area contributed by atoms with Crippen molar-refractivity contribution >= 4 is 11.9 Å². The van der Waals surface area contributed by atoms with Crippen LogP contribution in [0.25, 0.3) is 0 Å². The maximum atomic E-state index is 11.8. The van der Waals surface area contributed by atoms with Crippen molar-refractivity contribution in [1.29, 1.82) is 0 Å². The van der Waals surface area contributed by atoms with E-state index in [0.717, 1.165) is 25.5 Å². The molecular weight excluding hydrogens is 304 g/mol. The van der Waals surface area contributed by atoms with E-state index in [4.69, 9.17) is 4.42 Å². The molecule has 0 aliphatic heterocycles. The molecule has 1 heterocycles. The Morgan fingerprint density at radius 1 is 1.21 bits per heavy atom. The fourth-order valence-corrected chi connectivity index (χ4v) is 2.33. The SMILES string of the molecule is CCCCC(CC)CN=C(NCC)NCCNC(=O)c1ccco1. The van der Waals surface area contributed by atoms with Gasteiger partial charge in [0.15, 0.2) is 11.7 Å². The van der Waals surface area contributed by atoms with Crippen LogP contribution in [0.4, 0.5) is 0 Å². The molecule has 0 saturated heterocycles. The first-order valence-electron chi connectivity index (χ1n) is 9.05. The molecule has 0 saturated carbocycles. The van der Waals surface area contributed by atoms with Crippen molar-refractivity contribution in [2.24, 2.45) is 10.9 Å². The maximum absolute atomic E-state index is 11.8. The lowest BCUT2D eigenvalue weighted by molar-refractivity contribution is 0.0926. The number of carbonyl (C=O) groups is 1. The molecular formula is C18H32N4O2. The number of hydrogen-bond donors (Lipinski definition) is 3. The van der Waals surface area contributed by atoms with Gasteiger partial charge in [0.05, 0.1) is 6.26 Å². The maximum Gasteiger partial charge on any atom is 0.287 e. The second kappa shape index (κ2) is 12.4. The number of rotatable bonds is 11. The van der Waals surface area contributed by atoms with Gasteiger partial charge in [-0.05, 0) is 31.4 Å². The van der Waals surface area contributed by atoms with Crippen molar-refractivity contribution in [2.45, 2.75) is 46.5 Å². The van der Waals surface area contributed by atoms with Gasteiger partial charge in [-0.2, -0.15) is 0 Å². The van der Waals surface area contributed by atoms with E-state index in [1.54, 1.807) is 12.1 Å². The fraction of sp³-hybridized carbons (Fsp3) is 0.667. The molecule has 0 aliphatic carbocycles. The zero-order valence-electron chi connectivity index (χ0n) is 15.2. The number of amides is 1. The van der Waals surface area contributed by atoms with E-state index in [2.05, 4.69) is 34.8 Å². The van der Waals surface area contributed by atoms with Crippen molar-refractivity contribution in [3.05, 3.63) is 24.2 Å². The molecule has 1 unspecified atom stereocenters. The minimum Gasteiger partial charge on any atom is -0.459 e. The molecule has 1 aromatic rings. The van der Waals surface area contributed by atoms with Gasteiger partial charge in [-0.15, -0.1) is 0 Å². The Bertz CT molecular complexity index is 471. The Hall–Kier alpha value is -1.98. The van der Waals surface area contributed by atoms with Gasteiger partial charge in [0.25, 0.3) is 5.91 Å². The average molecular weight is 336 g/mol. The molecule has 3 N–H and O–H groups in total. The summed E-state index contributed by atoms with van der Waals surface area (Å²) in [5.41, 5.74) is 0. The van der Waals surface area contributed by atoms with E-state index in [1.165, 1.54) is 25.5 Å². The van der Waals surface area contributed by atoms with Crippen LogP contribution in [0.1, 0.15) is 57.0 Å². The van der Waals surface area contributed by atoms with Crippen molar-refractivity contribution < 1.29 is 9.21 Å². The topological polar surface area (TPSA) is 78.7 Å². The molecule has 0 spiro atoms. The number of nitrogens with zero attached hydrogens (tertiary/aromatic N) is 1. The van der Waals surface area contributed by atoms with E-state index in [9.17, 15) is 4.79 Å². The number of unbranched alkanes of at least 4 members (excludes halogenated alkanes) is 1. The van der Waals surface area contributed by atoms with E-state index in [-0.39, 0.29) is 5.91 Å². The van der Waals surface area contributed by atoms with E-state index >= 15 is 0 Å². The van der Waals surface area contributed by atoms with Crippen LogP contribution in [0.3, 0.4) is 0 Å². The average Bonchev–Trinajstić information content (AvgIpc) is 3.13. The third kappa shape index (κ3) is 8.04. The first kappa shape index (κ1) is 20.1. The highest BCUT2D eigenvalue weighted by molar-refractivity contribution is 5.91. The van der Waals surface area contributed by atoms with Gasteiger partial charge in [0.2, 0.25) is 0 Å². The second-order valence-electron chi connectivity index (χ2n) is 5.80. The van der Waals surface area contributed by atoms with Gasteiger partial charge in [0.1, 0.15) is 0 Å². The molecule has 1 amide bonds. The Balaban J connectivity index is 2.33. The quantitative estimate of drug-likeness (QED) is 0.330. The third-order valence-corrected chi connectivity index (χ3v) is 3.84. The van der Waals surface area contributed by atoms with Crippen LogP contribution in [-0.2, 0) is 0 Å². The molecule has 6 nitrogen and oxygen atoms in total. The minimum absolute atomic E-state index is 0.200. The molecule has 0 radical (unpaired) electrons. The van der Waals surface area contributed by atoms with E-state index < -0.39 is 0 Å². The van der Waals surface area contributed by atoms with Crippen LogP contribution in [0.15, 0.2) is 27.8 Å². The molecule has 136 valence electrons. The van der Waals surface area contributed by atoms with E-state index in [1.807, 2.05) is 6.92 Å². The minimum atomic E-state index is -0.200. The Morgan fingerprint density at radius 2 is 2.00 bits per heavy atom. The highest BCUT2D eigenvalue weighted by Gasteiger charge is 2.08. The van der Waals surface area contributed by atoms with Gasteiger partial charge in [-0.25, -0.2) is 0 Å². The zero-order valence-corrected chi connectivity index (χ0v) is 15.2. The largest absolute Gasteiger partial charge is 0.459 e. The number of furan rings is 1. The Labute approximate surface area is 145 Å². The van der Waals surface area contributed by atoms with Gasteiger partial charge in [-0.1, -0.05) is 33.1 Å². The molecule has 0 aromatic carbocycles. The third-order valence-electron chi connectivity index (χ3n) is 3.84. The van der Waals surface area contributed by atoms with Crippen LogP contribution in [0, 0.1) is 5.92 Å². The summed E-state index contributed by atoms with van der Waals surface area (Å²) in [6.45, 7) is 9.27. The van der Waals surface area contributed by atoms with Crippen LogP contribution >= 0.6 is 0 Å². The van der Waals surface area contributed by atoms with Gasteiger partial charge < -0.3 is 20.4 Å². The number of hydrogen-bond acceptors (Lipinski definition) is 3. The molecule has 0 bridgehead atoms. The standard InChI is InChI=1S/C18H32N4O2/c1-4-7-9-15(5-2)14-22-18(19-6-3)21-12-11-20-17(23)16-10-8-13-24-16/h8,10,13,15H,4-7,9,11-12,14H2,1-3H3,(H,20,23)(H2,19,21,22). The Morgan fingerprint density at radius 3 is 2.62 bits per heavy atom. The molecule has 1 aromatic heterocycles. The Kier molecular flexibility index (Phi) is 10.4. The number of carbonyl (C=O) groups excluding carboxylic acids is 1. The molecule has 1 atom stereocenters. The number of guanidine groups is 1. The van der Waals surface area contributed by atoms with Gasteiger partial charge >= 0.3 is 0 Å². The lowest BCUT2D eigenvalue weighted by Gasteiger charge is -2.15. The summed E-state index contributed by atoms with van der Waals surface area (Å²) in [7, 11) is 0. The summed E-state index contributed by atoms with van der Waals surface area (Å²) in [6, 6.07) is 3.35. The fourth-order valence-electron chi connectivity index (χ4n) is 2.33. The van der Waals surface area contributed by atoms with E-state index in [0.29, 0.717) is 24.8 Å². The predicted molar refractivity (Wildman–Crippen MR) is 98.3 cm³/mol. The highest BCUT2D eigenvalue weighted by Crippen LogP contribution is 2.12. The molecule has 1 rings (SSSR count). The lowest BCUT2D eigenvalue weighted by Crippen LogP contribution is -2.41. The smallest absolute Gasteiger partial charge is 0.287 e. The predicted octanol–water partition coefficient (Wildman–Crippen LogP) is 2.78. The van der Waals surface area contributed by atoms with Crippen molar-refractivity contribution in [1.82, 2.24) is 16.0 Å². The zero-order chi connectivity index (χ0) is 17.6. The normalized spacial score (nSPS) is 12.7.